The first-order valence-corrected chi connectivity index (χ1v) is 5.81. The molecule has 1 atom stereocenters. The van der Waals surface area contributed by atoms with Gasteiger partial charge in [0.1, 0.15) is 0 Å². The maximum absolute atomic E-state index is 5.42. The molecule has 5 nitrogen and oxygen atoms in total. The van der Waals surface area contributed by atoms with E-state index in [0.29, 0.717) is 17.5 Å². The summed E-state index contributed by atoms with van der Waals surface area (Å²) in [5, 5.41) is 13.4. The van der Waals surface area contributed by atoms with E-state index in [2.05, 4.69) is 35.7 Å². The van der Waals surface area contributed by atoms with Gasteiger partial charge in [-0.05, 0) is 18.0 Å². The van der Waals surface area contributed by atoms with Gasteiger partial charge in [-0.1, -0.05) is 27.3 Å². The van der Waals surface area contributed by atoms with E-state index < -0.39 is 0 Å². The van der Waals surface area contributed by atoms with Crippen LogP contribution in [0.15, 0.2) is 9.80 Å². The van der Waals surface area contributed by atoms with Gasteiger partial charge in [-0.2, -0.15) is 0 Å². The molecule has 0 amide bonds. The number of hydrogen-bond donors (Lipinski definition) is 0. The molecule has 2 heterocycles. The third-order valence-corrected chi connectivity index (χ3v) is 3.19. The Kier molecular flexibility index (Phi) is 2.87. The van der Waals surface area contributed by atoms with E-state index in [1.807, 2.05) is 6.92 Å². The third-order valence-electron chi connectivity index (χ3n) is 1.65. The molecule has 74 valence electrons. The fourth-order valence-electron chi connectivity index (χ4n) is 0.897. The van der Waals surface area contributed by atoms with E-state index in [0.717, 1.165) is 6.42 Å². The molecule has 0 N–H and O–H groups in total. The van der Waals surface area contributed by atoms with E-state index in [9.17, 15) is 0 Å². The summed E-state index contributed by atoms with van der Waals surface area (Å²) >= 11 is 4.69. The van der Waals surface area contributed by atoms with Crippen LogP contribution >= 0.6 is 27.5 Å². The second-order valence-electron chi connectivity index (χ2n) is 2.61. The summed E-state index contributed by atoms with van der Waals surface area (Å²) in [6.07, 6.45) is 0.900. The first-order valence-electron chi connectivity index (χ1n) is 4.06. The molecule has 0 spiro atoms. The van der Waals surface area contributed by atoms with Crippen LogP contribution in [0.3, 0.4) is 0 Å². The van der Waals surface area contributed by atoms with Crippen molar-refractivity contribution in [3.05, 3.63) is 11.3 Å². The minimum absolute atomic E-state index is 0.107. The lowest BCUT2D eigenvalue weighted by molar-refractivity contribution is 0.499. The van der Waals surface area contributed by atoms with E-state index in [1.54, 1.807) is 5.38 Å². The normalized spacial score (nSPS) is 13.0. The summed E-state index contributed by atoms with van der Waals surface area (Å²) in [4.78, 5) is 0.107. The number of hydrogen-bond acceptors (Lipinski definition) is 6. The molecule has 0 aliphatic carbocycles. The van der Waals surface area contributed by atoms with Gasteiger partial charge in [0, 0.05) is 5.38 Å². The van der Waals surface area contributed by atoms with Gasteiger partial charge >= 0.3 is 0 Å². The van der Waals surface area contributed by atoms with Crippen molar-refractivity contribution in [2.24, 2.45) is 0 Å². The number of nitrogens with zero attached hydrogens (tertiary/aromatic N) is 4. The van der Waals surface area contributed by atoms with Crippen molar-refractivity contribution in [3.8, 4) is 11.6 Å². The Morgan fingerprint density at radius 3 is 3.00 bits per heavy atom. The van der Waals surface area contributed by atoms with Crippen LogP contribution in [-0.4, -0.2) is 19.8 Å². The minimum atomic E-state index is 0.107. The molecule has 1 unspecified atom stereocenters. The zero-order valence-electron chi connectivity index (χ0n) is 7.35. The fourth-order valence-corrected chi connectivity index (χ4v) is 1.51. The predicted octanol–water partition coefficient (Wildman–Crippen LogP) is 2.43. The maximum Gasteiger partial charge on any atom is 0.269 e. The van der Waals surface area contributed by atoms with Crippen molar-refractivity contribution in [2.45, 2.75) is 18.2 Å². The van der Waals surface area contributed by atoms with Crippen molar-refractivity contribution < 1.29 is 4.42 Å². The van der Waals surface area contributed by atoms with Crippen LogP contribution in [0.1, 0.15) is 24.1 Å². The summed E-state index contributed by atoms with van der Waals surface area (Å²) in [7, 11) is 0. The number of rotatable bonds is 3. The first-order chi connectivity index (χ1) is 6.81. The zero-order valence-corrected chi connectivity index (χ0v) is 9.75. The first kappa shape index (κ1) is 9.72. The summed E-state index contributed by atoms with van der Waals surface area (Å²) in [6, 6.07) is 0. The standard InChI is InChI=1S/C7H7BrN4OS/c1-2-4(8)6-10-11-7(13-6)5-3-14-12-9-5/h3-4H,2H2,1H3. The average Bonchev–Trinajstić information content (AvgIpc) is 2.86. The van der Waals surface area contributed by atoms with Gasteiger partial charge < -0.3 is 4.42 Å². The lowest BCUT2D eigenvalue weighted by Gasteiger charge is -1.96. The molecule has 0 bridgehead atoms. The van der Waals surface area contributed by atoms with E-state index in [1.165, 1.54) is 11.5 Å². The third kappa shape index (κ3) is 1.83. The van der Waals surface area contributed by atoms with E-state index in [4.69, 9.17) is 4.42 Å². The molecule has 0 aliphatic rings. The van der Waals surface area contributed by atoms with E-state index in [-0.39, 0.29) is 4.83 Å². The predicted molar refractivity (Wildman–Crippen MR) is 55.2 cm³/mol. The van der Waals surface area contributed by atoms with Crippen LogP contribution in [0, 0.1) is 0 Å². The van der Waals surface area contributed by atoms with Crippen molar-refractivity contribution >= 4 is 27.5 Å². The second kappa shape index (κ2) is 4.14. The Morgan fingerprint density at radius 2 is 2.36 bits per heavy atom. The van der Waals surface area contributed by atoms with Gasteiger partial charge in [0.2, 0.25) is 5.89 Å². The Hall–Kier alpha value is -0.820. The van der Waals surface area contributed by atoms with Gasteiger partial charge in [0.05, 0.1) is 4.83 Å². The van der Waals surface area contributed by atoms with Gasteiger partial charge in [0.25, 0.3) is 5.89 Å². The molecule has 0 aliphatic heterocycles. The van der Waals surface area contributed by atoms with Crippen molar-refractivity contribution in [3.63, 3.8) is 0 Å². The van der Waals surface area contributed by atoms with Crippen LogP contribution in [0.25, 0.3) is 11.6 Å². The highest BCUT2D eigenvalue weighted by atomic mass is 79.9. The van der Waals surface area contributed by atoms with E-state index >= 15 is 0 Å². The molecule has 0 aromatic carbocycles. The van der Waals surface area contributed by atoms with Gasteiger partial charge in [-0.15, -0.1) is 15.3 Å². The monoisotopic (exact) mass is 274 g/mol. The summed E-state index contributed by atoms with van der Waals surface area (Å²) in [6.45, 7) is 2.04. The highest BCUT2D eigenvalue weighted by Gasteiger charge is 2.15. The van der Waals surface area contributed by atoms with Crippen LogP contribution in [0.2, 0.25) is 0 Å². The molecular weight excluding hydrogens is 268 g/mol. The lowest BCUT2D eigenvalue weighted by Crippen LogP contribution is -1.86. The molecule has 0 radical (unpaired) electrons. The van der Waals surface area contributed by atoms with Crippen molar-refractivity contribution in [1.82, 2.24) is 19.8 Å². The van der Waals surface area contributed by atoms with Crippen LogP contribution < -0.4 is 0 Å². The molecule has 0 saturated heterocycles. The summed E-state index contributed by atoms with van der Waals surface area (Å²) in [5.41, 5.74) is 0.629. The minimum Gasteiger partial charge on any atom is -0.418 e. The van der Waals surface area contributed by atoms with Crippen molar-refractivity contribution in [1.29, 1.82) is 0 Å². The average molecular weight is 275 g/mol. The van der Waals surface area contributed by atoms with Gasteiger partial charge in [-0.3, -0.25) is 0 Å². The van der Waals surface area contributed by atoms with Gasteiger partial charge in [-0.25, -0.2) is 0 Å². The zero-order chi connectivity index (χ0) is 9.97. The Labute approximate surface area is 92.8 Å². The topological polar surface area (TPSA) is 64.7 Å². The van der Waals surface area contributed by atoms with Crippen LogP contribution in [0.4, 0.5) is 0 Å². The smallest absolute Gasteiger partial charge is 0.269 e. The molecule has 14 heavy (non-hydrogen) atoms. The Balaban J connectivity index is 2.26. The number of halogens is 1. The molecule has 2 aromatic rings. The number of alkyl halides is 1. The van der Waals surface area contributed by atoms with Crippen LogP contribution in [-0.2, 0) is 0 Å². The highest BCUT2D eigenvalue weighted by Crippen LogP contribution is 2.26. The molecule has 0 saturated carbocycles. The molecule has 2 aromatic heterocycles. The van der Waals surface area contributed by atoms with Crippen molar-refractivity contribution in [2.75, 3.05) is 0 Å². The maximum atomic E-state index is 5.42. The Morgan fingerprint density at radius 1 is 1.50 bits per heavy atom. The number of aromatic nitrogens is 4. The Bertz CT molecular complexity index is 401. The SMILES string of the molecule is CCC(Br)c1nnc(-c2csnn2)o1. The summed E-state index contributed by atoms with van der Waals surface area (Å²) < 4.78 is 9.14. The quantitative estimate of drug-likeness (QED) is 0.805. The fraction of sp³-hybridized carbons (Fsp3) is 0.429. The molecular formula is C7H7BrN4OS. The van der Waals surface area contributed by atoms with Crippen LogP contribution in [0.5, 0.6) is 0 Å². The highest BCUT2D eigenvalue weighted by molar-refractivity contribution is 9.09. The lowest BCUT2D eigenvalue weighted by atomic mass is 10.3. The molecule has 7 heteroatoms. The second-order valence-corrected chi connectivity index (χ2v) is 4.33. The van der Waals surface area contributed by atoms with Gasteiger partial charge in [0.15, 0.2) is 5.69 Å². The molecule has 2 rings (SSSR count). The molecule has 0 fully saturated rings. The summed E-state index contributed by atoms with van der Waals surface area (Å²) in [5.74, 6) is 1.00. The largest absolute Gasteiger partial charge is 0.418 e.